The number of hydrogen-bond acceptors (Lipinski definition) is 5. The van der Waals surface area contributed by atoms with Gasteiger partial charge in [0.15, 0.2) is 0 Å². The average molecular weight is 352 g/mol. The van der Waals surface area contributed by atoms with Crippen molar-refractivity contribution in [1.82, 2.24) is 19.3 Å². The van der Waals surface area contributed by atoms with E-state index in [1.807, 2.05) is 0 Å². The summed E-state index contributed by atoms with van der Waals surface area (Å²) in [7, 11) is -3.53. The normalized spacial score (nSPS) is 17.4. The van der Waals surface area contributed by atoms with Gasteiger partial charge in [0.25, 0.3) is 0 Å². The maximum Gasteiger partial charge on any atom is 0.305 e. The van der Waals surface area contributed by atoms with Crippen molar-refractivity contribution in [1.29, 1.82) is 0 Å². The maximum atomic E-state index is 12.8. The second-order valence-corrected chi connectivity index (χ2v) is 8.13. The van der Waals surface area contributed by atoms with Crippen molar-refractivity contribution in [3.63, 3.8) is 0 Å². The van der Waals surface area contributed by atoms with Gasteiger partial charge in [0.05, 0.1) is 23.4 Å². The summed E-state index contributed by atoms with van der Waals surface area (Å²) in [6.07, 6.45) is 1.67. The van der Waals surface area contributed by atoms with E-state index in [9.17, 15) is 13.2 Å². The van der Waals surface area contributed by atoms with Crippen molar-refractivity contribution >= 4 is 27.0 Å². The Morgan fingerprint density at radius 2 is 2.04 bits per heavy atom. The van der Waals surface area contributed by atoms with Crippen LogP contribution < -0.4 is 0 Å². The molecule has 0 spiro atoms. The van der Waals surface area contributed by atoms with Gasteiger partial charge in [-0.25, -0.2) is 13.1 Å². The highest BCUT2D eigenvalue weighted by molar-refractivity contribution is 7.89. The largest absolute Gasteiger partial charge is 0.481 e. The van der Waals surface area contributed by atoms with E-state index in [2.05, 4.69) is 17.2 Å². The second-order valence-electron chi connectivity index (χ2n) is 6.19. The molecule has 0 aliphatic carbocycles. The molecular formula is C15H20N4O4S. The molecule has 0 atom stereocenters. The van der Waals surface area contributed by atoms with Gasteiger partial charge in [-0.15, -0.1) is 5.10 Å². The van der Waals surface area contributed by atoms with Gasteiger partial charge in [0, 0.05) is 13.1 Å². The third-order valence-electron chi connectivity index (χ3n) is 4.40. The summed E-state index contributed by atoms with van der Waals surface area (Å²) in [4.78, 5) is 10.9. The van der Waals surface area contributed by atoms with Crippen LogP contribution in [0.15, 0.2) is 23.1 Å². The van der Waals surface area contributed by atoms with Crippen LogP contribution in [-0.2, 0) is 21.4 Å². The van der Waals surface area contributed by atoms with Crippen molar-refractivity contribution in [3.05, 3.63) is 18.2 Å². The molecule has 130 valence electrons. The smallest absolute Gasteiger partial charge is 0.305 e. The van der Waals surface area contributed by atoms with E-state index in [-0.39, 0.29) is 17.9 Å². The first kappa shape index (κ1) is 16.8. The molecule has 1 aliphatic rings. The molecule has 1 aromatic carbocycles. The molecule has 0 unspecified atom stereocenters. The molecule has 3 rings (SSSR count). The first-order valence-corrected chi connectivity index (χ1v) is 9.37. The zero-order chi connectivity index (χ0) is 17.3. The third-order valence-corrected chi connectivity index (χ3v) is 6.30. The molecule has 1 saturated heterocycles. The number of piperidine rings is 1. The van der Waals surface area contributed by atoms with E-state index in [1.54, 1.807) is 6.07 Å². The van der Waals surface area contributed by atoms with Crippen molar-refractivity contribution in [2.45, 2.75) is 37.6 Å². The minimum absolute atomic E-state index is 0.0650. The Morgan fingerprint density at radius 3 is 2.71 bits per heavy atom. The Kier molecular flexibility index (Phi) is 4.55. The van der Waals surface area contributed by atoms with Crippen LogP contribution in [-0.4, -0.2) is 51.9 Å². The number of carboxylic acids is 1. The number of aliphatic carboxylic acids is 1. The number of carboxylic acid groups (broad SMARTS) is 1. The molecule has 1 fully saturated rings. The molecule has 1 N–H and O–H groups in total. The maximum absolute atomic E-state index is 12.8. The van der Waals surface area contributed by atoms with Gasteiger partial charge >= 0.3 is 5.97 Å². The predicted octanol–water partition coefficient (Wildman–Crippen LogP) is 1.33. The quantitative estimate of drug-likeness (QED) is 0.870. The minimum Gasteiger partial charge on any atom is -0.481 e. The summed E-state index contributed by atoms with van der Waals surface area (Å²) in [6, 6.07) is 4.68. The van der Waals surface area contributed by atoms with Crippen LogP contribution in [0.25, 0.3) is 11.0 Å². The fourth-order valence-electron chi connectivity index (χ4n) is 2.85. The van der Waals surface area contributed by atoms with Crippen LogP contribution in [0.3, 0.4) is 0 Å². The number of nitrogens with zero attached hydrogens (tertiary/aromatic N) is 4. The molecule has 9 heteroatoms. The van der Waals surface area contributed by atoms with Gasteiger partial charge in [-0.05, 0) is 37.0 Å². The molecule has 0 bridgehead atoms. The molecule has 1 aliphatic heterocycles. The molecule has 8 nitrogen and oxygen atoms in total. The lowest BCUT2D eigenvalue weighted by molar-refractivity contribution is -0.137. The monoisotopic (exact) mass is 352 g/mol. The molecule has 0 saturated carbocycles. The van der Waals surface area contributed by atoms with Gasteiger partial charge in [0.1, 0.15) is 5.52 Å². The van der Waals surface area contributed by atoms with E-state index in [4.69, 9.17) is 5.11 Å². The van der Waals surface area contributed by atoms with Gasteiger partial charge in [-0.3, -0.25) is 4.79 Å². The molecule has 2 heterocycles. The molecule has 0 radical (unpaired) electrons. The lowest BCUT2D eigenvalue weighted by Gasteiger charge is -2.29. The Morgan fingerprint density at radius 1 is 1.33 bits per heavy atom. The van der Waals surface area contributed by atoms with Gasteiger partial charge in [-0.2, -0.15) is 4.31 Å². The first-order valence-electron chi connectivity index (χ1n) is 7.93. The third kappa shape index (κ3) is 3.27. The lowest BCUT2D eigenvalue weighted by Crippen LogP contribution is -2.37. The summed E-state index contributed by atoms with van der Waals surface area (Å²) in [5.74, 6) is -0.370. The Balaban J connectivity index is 1.86. The number of benzene rings is 1. The summed E-state index contributed by atoms with van der Waals surface area (Å²) in [5, 5.41) is 16.6. The average Bonchev–Trinajstić information content (AvgIpc) is 2.95. The van der Waals surface area contributed by atoms with Crippen molar-refractivity contribution in [2.75, 3.05) is 13.1 Å². The molecular weight excluding hydrogens is 332 g/mol. The number of fused-ring (bicyclic) bond motifs is 1. The molecule has 2 aromatic rings. The Labute approximate surface area is 140 Å². The Bertz CT molecular complexity index is 853. The lowest BCUT2D eigenvalue weighted by atomic mass is 10.0. The number of hydrogen-bond donors (Lipinski definition) is 1. The van der Waals surface area contributed by atoms with E-state index in [0.29, 0.717) is 30.0 Å². The van der Waals surface area contributed by atoms with Crippen LogP contribution in [0.4, 0.5) is 0 Å². The van der Waals surface area contributed by atoms with Crippen molar-refractivity contribution < 1.29 is 18.3 Å². The van der Waals surface area contributed by atoms with Crippen LogP contribution in [0.2, 0.25) is 0 Å². The zero-order valence-electron chi connectivity index (χ0n) is 13.4. The van der Waals surface area contributed by atoms with Gasteiger partial charge < -0.3 is 5.11 Å². The molecule has 0 amide bonds. The number of sulfonamides is 1. The van der Waals surface area contributed by atoms with E-state index >= 15 is 0 Å². The standard InChI is InChI=1S/C15H20N4O4S/c1-11-4-7-18(8-5-11)24(22,23)12-2-3-14-13(10-12)16-17-19(14)9-6-15(20)21/h2-3,10-11H,4-9H2,1H3,(H,20,21). The summed E-state index contributed by atoms with van der Waals surface area (Å²) < 4.78 is 28.5. The fourth-order valence-corrected chi connectivity index (χ4v) is 4.34. The summed E-state index contributed by atoms with van der Waals surface area (Å²) in [6.45, 7) is 3.40. The highest BCUT2D eigenvalue weighted by Crippen LogP contribution is 2.25. The minimum atomic E-state index is -3.53. The molecule has 24 heavy (non-hydrogen) atoms. The SMILES string of the molecule is CC1CCN(S(=O)(=O)c2ccc3c(c2)nnn3CCC(=O)O)CC1. The van der Waals surface area contributed by atoms with E-state index in [1.165, 1.54) is 21.1 Å². The van der Waals surface area contributed by atoms with Gasteiger partial charge in [-0.1, -0.05) is 12.1 Å². The number of carbonyl (C=O) groups is 1. The second kappa shape index (κ2) is 6.48. The summed E-state index contributed by atoms with van der Waals surface area (Å²) >= 11 is 0. The van der Waals surface area contributed by atoms with Crippen molar-refractivity contribution in [3.8, 4) is 0 Å². The van der Waals surface area contributed by atoms with Crippen LogP contribution in [0.1, 0.15) is 26.2 Å². The summed E-state index contributed by atoms with van der Waals surface area (Å²) in [5.41, 5.74) is 1.08. The highest BCUT2D eigenvalue weighted by Gasteiger charge is 2.28. The van der Waals surface area contributed by atoms with Crippen LogP contribution >= 0.6 is 0 Å². The highest BCUT2D eigenvalue weighted by atomic mass is 32.2. The van der Waals surface area contributed by atoms with Crippen molar-refractivity contribution in [2.24, 2.45) is 5.92 Å². The first-order chi connectivity index (χ1) is 11.4. The topological polar surface area (TPSA) is 105 Å². The fraction of sp³-hybridized carbons (Fsp3) is 0.533. The number of rotatable bonds is 5. The van der Waals surface area contributed by atoms with E-state index < -0.39 is 16.0 Å². The number of aromatic nitrogens is 3. The van der Waals surface area contributed by atoms with Crippen LogP contribution in [0.5, 0.6) is 0 Å². The zero-order valence-corrected chi connectivity index (χ0v) is 14.2. The Hall–Kier alpha value is -2.00. The molecule has 1 aromatic heterocycles. The number of aryl methyl sites for hydroxylation is 1. The predicted molar refractivity (Wildman–Crippen MR) is 86.9 cm³/mol. The van der Waals surface area contributed by atoms with Crippen LogP contribution in [0, 0.1) is 5.92 Å². The van der Waals surface area contributed by atoms with Gasteiger partial charge in [0.2, 0.25) is 10.0 Å². The van der Waals surface area contributed by atoms with E-state index in [0.717, 1.165) is 12.8 Å².